The molecule has 0 heterocycles. The fourth-order valence-electron chi connectivity index (χ4n) is 1.78. The summed E-state index contributed by atoms with van der Waals surface area (Å²) in [6, 6.07) is 3.19. The minimum Gasteiger partial charge on any atom is -0.398 e. The van der Waals surface area contributed by atoms with Crippen LogP contribution < -0.4 is 11.1 Å². The molecule has 98 valence electrons. The van der Waals surface area contributed by atoms with Crippen LogP contribution in [-0.2, 0) is 6.18 Å². The lowest BCUT2D eigenvalue weighted by Gasteiger charge is -2.26. The number of hydrogen-bond acceptors (Lipinski definition) is 2. The van der Waals surface area contributed by atoms with Crippen LogP contribution in [0.15, 0.2) is 18.2 Å². The standard InChI is InChI=1S/C12H13F3N2O/c13-12(14,15)9-5-4-7(6-10(9)16)11(18)17-8-2-1-3-8/h4-6,8H,1-3,16H2,(H,17,18). The van der Waals surface area contributed by atoms with Gasteiger partial charge in [-0.3, -0.25) is 4.79 Å². The molecule has 1 aliphatic rings. The number of rotatable bonds is 2. The van der Waals surface area contributed by atoms with Crippen molar-refractivity contribution in [3.8, 4) is 0 Å². The molecule has 0 unspecified atom stereocenters. The van der Waals surface area contributed by atoms with E-state index in [0.717, 1.165) is 37.5 Å². The Morgan fingerprint density at radius 2 is 2.00 bits per heavy atom. The van der Waals surface area contributed by atoms with E-state index in [2.05, 4.69) is 5.32 Å². The Labute approximate surface area is 102 Å². The number of alkyl halides is 3. The molecule has 0 aromatic heterocycles. The number of halogens is 3. The number of amides is 1. The highest BCUT2D eigenvalue weighted by Crippen LogP contribution is 2.33. The zero-order valence-electron chi connectivity index (χ0n) is 9.55. The molecule has 1 aliphatic carbocycles. The van der Waals surface area contributed by atoms with Gasteiger partial charge in [-0.25, -0.2) is 0 Å². The second-order valence-corrected chi connectivity index (χ2v) is 4.40. The minimum absolute atomic E-state index is 0.140. The zero-order chi connectivity index (χ0) is 13.3. The molecule has 2 rings (SSSR count). The molecule has 6 heteroatoms. The van der Waals surface area contributed by atoms with Gasteiger partial charge in [-0.2, -0.15) is 13.2 Å². The van der Waals surface area contributed by atoms with Crippen molar-refractivity contribution >= 4 is 11.6 Å². The van der Waals surface area contributed by atoms with E-state index >= 15 is 0 Å². The van der Waals surface area contributed by atoms with Crippen molar-refractivity contribution in [2.24, 2.45) is 0 Å². The molecule has 1 aromatic carbocycles. The maximum Gasteiger partial charge on any atom is 0.418 e. The van der Waals surface area contributed by atoms with Gasteiger partial charge >= 0.3 is 6.18 Å². The topological polar surface area (TPSA) is 55.1 Å². The van der Waals surface area contributed by atoms with E-state index in [1.165, 1.54) is 0 Å². The predicted molar refractivity (Wildman–Crippen MR) is 61.0 cm³/mol. The third kappa shape index (κ3) is 2.57. The monoisotopic (exact) mass is 258 g/mol. The lowest BCUT2D eigenvalue weighted by atomic mass is 9.93. The lowest BCUT2D eigenvalue weighted by Crippen LogP contribution is -2.39. The van der Waals surface area contributed by atoms with Crippen molar-refractivity contribution in [1.82, 2.24) is 5.32 Å². The Balaban J connectivity index is 2.15. The molecule has 3 nitrogen and oxygen atoms in total. The normalized spacial score (nSPS) is 16.2. The van der Waals surface area contributed by atoms with Crippen molar-refractivity contribution in [2.45, 2.75) is 31.5 Å². The molecule has 0 atom stereocenters. The molecule has 0 saturated heterocycles. The van der Waals surface area contributed by atoms with Crippen LogP contribution in [0.1, 0.15) is 35.2 Å². The van der Waals surface area contributed by atoms with Crippen LogP contribution in [0.4, 0.5) is 18.9 Å². The maximum absolute atomic E-state index is 12.5. The number of carbonyl (C=O) groups is 1. The Morgan fingerprint density at radius 3 is 2.44 bits per heavy atom. The number of nitrogen functional groups attached to an aromatic ring is 1. The fourth-order valence-corrected chi connectivity index (χ4v) is 1.78. The number of hydrogen-bond donors (Lipinski definition) is 2. The highest BCUT2D eigenvalue weighted by molar-refractivity contribution is 5.95. The second-order valence-electron chi connectivity index (χ2n) is 4.40. The Hall–Kier alpha value is -1.72. The van der Waals surface area contributed by atoms with Crippen LogP contribution in [0.2, 0.25) is 0 Å². The summed E-state index contributed by atoms with van der Waals surface area (Å²) in [6.45, 7) is 0. The average Bonchev–Trinajstić information content (AvgIpc) is 2.21. The molecule has 1 amide bonds. The summed E-state index contributed by atoms with van der Waals surface area (Å²) < 4.78 is 37.4. The molecule has 3 N–H and O–H groups in total. The molecule has 0 radical (unpaired) electrons. The van der Waals surface area contributed by atoms with E-state index in [-0.39, 0.29) is 17.5 Å². The first-order valence-corrected chi connectivity index (χ1v) is 5.65. The summed E-state index contributed by atoms with van der Waals surface area (Å²) in [5, 5.41) is 2.74. The van der Waals surface area contributed by atoms with E-state index in [0.29, 0.717) is 0 Å². The minimum atomic E-state index is -4.49. The molecular formula is C12H13F3N2O. The lowest BCUT2D eigenvalue weighted by molar-refractivity contribution is -0.136. The van der Waals surface area contributed by atoms with E-state index in [4.69, 9.17) is 5.73 Å². The van der Waals surface area contributed by atoms with Gasteiger partial charge in [-0.05, 0) is 37.5 Å². The quantitative estimate of drug-likeness (QED) is 0.801. The van der Waals surface area contributed by atoms with E-state index < -0.39 is 17.4 Å². The molecule has 1 saturated carbocycles. The third-order valence-electron chi connectivity index (χ3n) is 3.06. The van der Waals surface area contributed by atoms with Gasteiger partial charge < -0.3 is 11.1 Å². The predicted octanol–water partition coefficient (Wildman–Crippen LogP) is 2.57. The van der Waals surface area contributed by atoms with Crippen LogP contribution in [0, 0.1) is 0 Å². The van der Waals surface area contributed by atoms with E-state index in [1.54, 1.807) is 0 Å². The smallest absolute Gasteiger partial charge is 0.398 e. The molecule has 1 fully saturated rings. The molecular weight excluding hydrogens is 245 g/mol. The molecule has 0 spiro atoms. The van der Waals surface area contributed by atoms with Crippen molar-refractivity contribution in [2.75, 3.05) is 5.73 Å². The largest absolute Gasteiger partial charge is 0.418 e. The third-order valence-corrected chi connectivity index (χ3v) is 3.06. The number of nitrogens with one attached hydrogen (secondary N) is 1. The van der Waals surface area contributed by atoms with Crippen molar-refractivity contribution < 1.29 is 18.0 Å². The van der Waals surface area contributed by atoms with Crippen LogP contribution in [0.25, 0.3) is 0 Å². The first-order chi connectivity index (χ1) is 8.38. The molecule has 1 aromatic rings. The van der Waals surface area contributed by atoms with E-state index in [1.807, 2.05) is 0 Å². The van der Waals surface area contributed by atoms with Gasteiger partial charge in [0.15, 0.2) is 0 Å². The summed E-state index contributed by atoms with van der Waals surface area (Å²) in [5.74, 6) is -0.375. The Bertz CT molecular complexity index is 467. The van der Waals surface area contributed by atoms with Gasteiger partial charge in [0.1, 0.15) is 0 Å². The Kier molecular flexibility index (Phi) is 3.19. The fraction of sp³-hybridized carbons (Fsp3) is 0.417. The number of benzene rings is 1. The molecule has 0 bridgehead atoms. The van der Waals surface area contributed by atoms with E-state index in [9.17, 15) is 18.0 Å². The molecule has 18 heavy (non-hydrogen) atoms. The number of carbonyl (C=O) groups excluding carboxylic acids is 1. The highest BCUT2D eigenvalue weighted by Gasteiger charge is 2.33. The van der Waals surface area contributed by atoms with Gasteiger partial charge in [0, 0.05) is 17.3 Å². The van der Waals surface area contributed by atoms with Crippen LogP contribution in [-0.4, -0.2) is 11.9 Å². The van der Waals surface area contributed by atoms with Crippen molar-refractivity contribution in [3.63, 3.8) is 0 Å². The van der Waals surface area contributed by atoms with Crippen LogP contribution in [0.3, 0.4) is 0 Å². The number of anilines is 1. The summed E-state index contributed by atoms with van der Waals surface area (Å²) in [5.41, 5.74) is 4.14. The summed E-state index contributed by atoms with van der Waals surface area (Å²) in [4.78, 5) is 11.7. The summed E-state index contributed by atoms with van der Waals surface area (Å²) >= 11 is 0. The summed E-state index contributed by atoms with van der Waals surface area (Å²) in [6.07, 6.45) is -1.59. The highest BCUT2D eigenvalue weighted by atomic mass is 19.4. The van der Waals surface area contributed by atoms with Crippen LogP contribution in [0.5, 0.6) is 0 Å². The second kappa shape index (κ2) is 4.51. The van der Waals surface area contributed by atoms with Gasteiger partial charge in [-0.15, -0.1) is 0 Å². The van der Waals surface area contributed by atoms with Crippen LogP contribution >= 0.6 is 0 Å². The average molecular weight is 258 g/mol. The van der Waals surface area contributed by atoms with Gasteiger partial charge in [0.25, 0.3) is 5.91 Å². The van der Waals surface area contributed by atoms with Crippen molar-refractivity contribution in [3.05, 3.63) is 29.3 Å². The SMILES string of the molecule is Nc1cc(C(=O)NC2CCC2)ccc1C(F)(F)F. The van der Waals surface area contributed by atoms with Gasteiger partial charge in [-0.1, -0.05) is 0 Å². The first kappa shape index (κ1) is 12.7. The van der Waals surface area contributed by atoms with Gasteiger partial charge in [0.05, 0.1) is 5.56 Å². The van der Waals surface area contributed by atoms with Gasteiger partial charge in [0.2, 0.25) is 0 Å². The molecule has 0 aliphatic heterocycles. The first-order valence-electron chi connectivity index (χ1n) is 5.65. The zero-order valence-corrected chi connectivity index (χ0v) is 9.55. The number of nitrogens with two attached hydrogens (primary N) is 1. The van der Waals surface area contributed by atoms with Crippen molar-refractivity contribution in [1.29, 1.82) is 0 Å². The summed E-state index contributed by atoms with van der Waals surface area (Å²) in [7, 11) is 0. The Morgan fingerprint density at radius 1 is 1.33 bits per heavy atom. The maximum atomic E-state index is 12.5.